The summed E-state index contributed by atoms with van der Waals surface area (Å²) in [5.41, 5.74) is 0.443. The van der Waals surface area contributed by atoms with Crippen molar-refractivity contribution in [3.05, 3.63) is 39.3 Å². The quantitative estimate of drug-likeness (QED) is 0.622. The predicted octanol–water partition coefficient (Wildman–Crippen LogP) is 3.21. The third-order valence-corrected chi connectivity index (χ3v) is 4.46. The number of hydrogen-bond acceptors (Lipinski definition) is 3. The van der Waals surface area contributed by atoms with Crippen LogP contribution in [-0.4, -0.2) is 28.9 Å². The molecule has 0 heterocycles. The number of benzene rings is 1. The van der Waals surface area contributed by atoms with E-state index in [4.69, 9.17) is 16.7 Å². The van der Waals surface area contributed by atoms with Crippen molar-refractivity contribution < 1.29 is 19.5 Å². The van der Waals surface area contributed by atoms with E-state index in [-0.39, 0.29) is 23.2 Å². The molecule has 1 unspecified atom stereocenters. The van der Waals surface area contributed by atoms with E-state index in [9.17, 15) is 14.4 Å². The SMILES string of the molecule is CC(NC(=O)c1cc(Cl)cc(Br)c1NC(=O)/C=C/C(=O)O)C1CC1. The summed E-state index contributed by atoms with van der Waals surface area (Å²) >= 11 is 9.27. The summed E-state index contributed by atoms with van der Waals surface area (Å²) in [4.78, 5) is 34.8. The van der Waals surface area contributed by atoms with Crippen molar-refractivity contribution in [1.29, 1.82) is 0 Å². The third-order valence-electron chi connectivity index (χ3n) is 3.61. The minimum absolute atomic E-state index is 0.0331. The highest BCUT2D eigenvalue weighted by Crippen LogP contribution is 2.34. The summed E-state index contributed by atoms with van der Waals surface area (Å²) in [6.07, 6.45) is 3.76. The van der Waals surface area contributed by atoms with Gasteiger partial charge in [0, 0.05) is 27.7 Å². The van der Waals surface area contributed by atoms with Gasteiger partial charge >= 0.3 is 5.97 Å². The summed E-state index contributed by atoms with van der Waals surface area (Å²) in [7, 11) is 0. The number of anilines is 1. The second-order valence-electron chi connectivity index (χ2n) is 5.57. The minimum atomic E-state index is -1.24. The van der Waals surface area contributed by atoms with E-state index in [2.05, 4.69) is 26.6 Å². The fourth-order valence-corrected chi connectivity index (χ4v) is 3.10. The topological polar surface area (TPSA) is 95.5 Å². The van der Waals surface area contributed by atoms with Crippen molar-refractivity contribution in [1.82, 2.24) is 5.32 Å². The molecule has 3 N–H and O–H groups in total. The van der Waals surface area contributed by atoms with E-state index in [1.807, 2.05) is 6.92 Å². The van der Waals surface area contributed by atoms with E-state index in [0.29, 0.717) is 21.5 Å². The van der Waals surface area contributed by atoms with Crippen LogP contribution in [-0.2, 0) is 9.59 Å². The monoisotopic (exact) mass is 414 g/mol. The van der Waals surface area contributed by atoms with Crippen molar-refractivity contribution in [2.75, 3.05) is 5.32 Å². The number of aliphatic carboxylic acids is 1. The Hall–Kier alpha value is -1.86. The number of carbonyl (C=O) groups is 3. The Bertz CT molecular complexity index is 716. The van der Waals surface area contributed by atoms with E-state index < -0.39 is 11.9 Å². The molecule has 0 spiro atoms. The van der Waals surface area contributed by atoms with Gasteiger partial charge in [-0.2, -0.15) is 0 Å². The van der Waals surface area contributed by atoms with Crippen LogP contribution in [0.3, 0.4) is 0 Å². The van der Waals surface area contributed by atoms with Gasteiger partial charge in [-0.05, 0) is 53.7 Å². The molecule has 6 nitrogen and oxygen atoms in total. The van der Waals surface area contributed by atoms with Gasteiger partial charge in [-0.3, -0.25) is 9.59 Å². The Kier molecular flexibility index (Phi) is 6.01. The number of nitrogens with one attached hydrogen (secondary N) is 2. The van der Waals surface area contributed by atoms with Crippen LogP contribution in [0.15, 0.2) is 28.8 Å². The number of rotatable bonds is 6. The summed E-state index contributed by atoms with van der Waals surface area (Å²) in [6, 6.07) is 3.03. The normalized spacial score (nSPS) is 15.1. The highest BCUT2D eigenvalue weighted by Gasteiger charge is 2.30. The molecule has 0 aromatic heterocycles. The van der Waals surface area contributed by atoms with Gasteiger partial charge in [-0.1, -0.05) is 11.6 Å². The van der Waals surface area contributed by atoms with Gasteiger partial charge in [-0.15, -0.1) is 0 Å². The molecule has 0 radical (unpaired) electrons. The smallest absolute Gasteiger partial charge is 0.328 e. The zero-order valence-electron chi connectivity index (χ0n) is 12.8. The molecule has 1 aromatic rings. The molecule has 1 aliphatic carbocycles. The first-order valence-corrected chi connectivity index (χ1v) is 8.47. The summed E-state index contributed by atoms with van der Waals surface area (Å²) < 4.78 is 0.427. The van der Waals surface area contributed by atoms with Gasteiger partial charge in [-0.25, -0.2) is 4.79 Å². The zero-order valence-corrected chi connectivity index (χ0v) is 15.1. The van der Waals surface area contributed by atoms with Crippen LogP contribution in [0.5, 0.6) is 0 Å². The maximum absolute atomic E-state index is 12.5. The summed E-state index contributed by atoms with van der Waals surface area (Å²) in [6.45, 7) is 1.93. The van der Waals surface area contributed by atoms with Crippen LogP contribution in [0.2, 0.25) is 5.02 Å². The molecule has 0 aliphatic heterocycles. The lowest BCUT2D eigenvalue weighted by atomic mass is 10.1. The Morgan fingerprint density at radius 2 is 2.00 bits per heavy atom. The zero-order chi connectivity index (χ0) is 17.9. The van der Waals surface area contributed by atoms with Crippen molar-refractivity contribution in [3.63, 3.8) is 0 Å². The average molecular weight is 416 g/mol. The van der Waals surface area contributed by atoms with Crippen LogP contribution in [0.4, 0.5) is 5.69 Å². The molecule has 2 amide bonds. The third kappa shape index (κ3) is 5.07. The van der Waals surface area contributed by atoms with Crippen LogP contribution in [0.1, 0.15) is 30.1 Å². The highest BCUT2D eigenvalue weighted by atomic mass is 79.9. The molecule has 0 bridgehead atoms. The molecule has 24 heavy (non-hydrogen) atoms. The minimum Gasteiger partial charge on any atom is -0.478 e. The first-order valence-electron chi connectivity index (χ1n) is 7.30. The molecule has 0 saturated heterocycles. The van der Waals surface area contributed by atoms with E-state index in [0.717, 1.165) is 18.9 Å². The van der Waals surface area contributed by atoms with Gasteiger partial charge < -0.3 is 15.7 Å². The van der Waals surface area contributed by atoms with Crippen molar-refractivity contribution in [3.8, 4) is 0 Å². The molecule has 128 valence electrons. The number of amides is 2. The van der Waals surface area contributed by atoms with Crippen LogP contribution in [0, 0.1) is 5.92 Å². The number of hydrogen-bond donors (Lipinski definition) is 3. The van der Waals surface area contributed by atoms with Gasteiger partial charge in [0.15, 0.2) is 0 Å². The van der Waals surface area contributed by atoms with Crippen LogP contribution in [0.25, 0.3) is 0 Å². The summed E-state index contributed by atoms with van der Waals surface area (Å²) in [5.74, 6) is -1.77. The maximum Gasteiger partial charge on any atom is 0.328 e. The van der Waals surface area contributed by atoms with Crippen molar-refractivity contribution in [2.45, 2.75) is 25.8 Å². The van der Waals surface area contributed by atoms with Gasteiger partial charge in [0.05, 0.1) is 11.3 Å². The van der Waals surface area contributed by atoms with Crippen molar-refractivity contribution in [2.24, 2.45) is 5.92 Å². The molecule has 1 atom stereocenters. The van der Waals surface area contributed by atoms with Gasteiger partial charge in [0.2, 0.25) is 5.91 Å². The summed E-state index contributed by atoms with van der Waals surface area (Å²) in [5, 5.41) is 14.3. The van der Waals surface area contributed by atoms with E-state index >= 15 is 0 Å². The fourth-order valence-electron chi connectivity index (χ4n) is 2.19. The molecule has 8 heteroatoms. The van der Waals surface area contributed by atoms with Gasteiger partial charge in [0.25, 0.3) is 5.91 Å². The number of carboxylic acids is 1. The first-order chi connectivity index (χ1) is 11.3. The molecule has 1 aromatic carbocycles. The first kappa shape index (κ1) is 18.5. The number of halogens is 2. The molecule has 1 fully saturated rings. The molecular weight excluding hydrogens is 400 g/mol. The Balaban J connectivity index is 2.24. The Labute approximate surface area is 152 Å². The van der Waals surface area contributed by atoms with E-state index in [1.165, 1.54) is 6.07 Å². The largest absolute Gasteiger partial charge is 0.478 e. The molecular formula is C16H16BrClN2O4. The molecule has 1 saturated carbocycles. The van der Waals surface area contributed by atoms with E-state index in [1.54, 1.807) is 6.07 Å². The van der Waals surface area contributed by atoms with Crippen molar-refractivity contribution >= 4 is 51.0 Å². The predicted molar refractivity (Wildman–Crippen MR) is 94.2 cm³/mol. The highest BCUT2D eigenvalue weighted by molar-refractivity contribution is 9.10. The molecule has 2 rings (SSSR count). The second-order valence-corrected chi connectivity index (χ2v) is 6.86. The second kappa shape index (κ2) is 7.81. The van der Waals surface area contributed by atoms with Gasteiger partial charge in [0.1, 0.15) is 0 Å². The standard InChI is InChI=1S/C16H16BrClN2O4/c1-8(9-2-3-9)19-16(24)11-6-10(18)7-12(17)15(11)20-13(21)4-5-14(22)23/h4-9H,2-3H2,1H3,(H,19,24)(H,20,21)(H,22,23)/b5-4+. The van der Waals surface area contributed by atoms with Crippen LogP contribution >= 0.6 is 27.5 Å². The van der Waals surface area contributed by atoms with Crippen LogP contribution < -0.4 is 10.6 Å². The lowest BCUT2D eigenvalue weighted by Gasteiger charge is -2.16. The maximum atomic E-state index is 12.5. The molecule has 1 aliphatic rings. The lowest BCUT2D eigenvalue weighted by molar-refractivity contribution is -0.131. The fraction of sp³-hybridized carbons (Fsp3) is 0.312. The number of carbonyl (C=O) groups excluding carboxylic acids is 2. The Morgan fingerprint density at radius 1 is 1.33 bits per heavy atom. The Morgan fingerprint density at radius 3 is 2.58 bits per heavy atom. The number of carboxylic acid groups (broad SMARTS) is 1. The lowest BCUT2D eigenvalue weighted by Crippen LogP contribution is -2.34. The average Bonchev–Trinajstić information content (AvgIpc) is 3.32.